The van der Waals surface area contributed by atoms with E-state index in [1.165, 1.54) is 0 Å². The Hall–Kier alpha value is -1.84. The fraction of sp³-hybridized carbons (Fsp3) is 0.333. The van der Waals surface area contributed by atoms with Crippen molar-refractivity contribution in [2.45, 2.75) is 13.3 Å². The highest BCUT2D eigenvalue weighted by Crippen LogP contribution is 2.00. The van der Waals surface area contributed by atoms with Crippen LogP contribution in [-0.2, 0) is 25.5 Å². The lowest BCUT2D eigenvalue weighted by molar-refractivity contribution is -0.158. The van der Waals surface area contributed by atoms with Gasteiger partial charge in [0.2, 0.25) is 0 Å². The summed E-state index contributed by atoms with van der Waals surface area (Å²) in [6.07, 6.45) is 0.167. The van der Waals surface area contributed by atoms with E-state index in [-0.39, 0.29) is 19.6 Å². The Morgan fingerprint density at radius 2 is 1.75 bits per heavy atom. The lowest BCUT2D eigenvalue weighted by Gasteiger charge is -2.04. The van der Waals surface area contributed by atoms with Crippen LogP contribution in [0.25, 0.3) is 0 Å². The number of rotatable bonds is 5. The molecule has 0 aliphatic carbocycles. The summed E-state index contributed by atoms with van der Waals surface area (Å²) in [6.45, 7) is 1.66. The van der Waals surface area contributed by atoms with Gasteiger partial charge < -0.3 is 9.47 Å². The van der Waals surface area contributed by atoms with E-state index in [0.29, 0.717) is 0 Å². The van der Waals surface area contributed by atoms with Gasteiger partial charge in [-0.2, -0.15) is 0 Å². The van der Waals surface area contributed by atoms with Crippen LogP contribution in [0.5, 0.6) is 0 Å². The molecule has 0 atom stereocenters. The molecule has 0 radical (unpaired) electrons. The van der Waals surface area contributed by atoms with E-state index >= 15 is 0 Å². The molecule has 0 bridgehead atoms. The Bertz CT molecular complexity index is 345. The zero-order valence-corrected chi connectivity index (χ0v) is 9.14. The van der Waals surface area contributed by atoms with Crippen LogP contribution in [-0.4, -0.2) is 25.2 Å². The van der Waals surface area contributed by atoms with Crippen LogP contribution in [0.1, 0.15) is 12.5 Å². The summed E-state index contributed by atoms with van der Waals surface area (Å²) in [5.41, 5.74) is 0.858. The second kappa shape index (κ2) is 6.61. The predicted molar refractivity (Wildman–Crippen MR) is 57.7 cm³/mol. The SMILES string of the molecule is CCOC(=O)COC(=O)Cc1ccccc1. The van der Waals surface area contributed by atoms with Crippen molar-refractivity contribution in [2.24, 2.45) is 0 Å². The van der Waals surface area contributed by atoms with Gasteiger partial charge in [-0.05, 0) is 12.5 Å². The van der Waals surface area contributed by atoms with Crippen molar-refractivity contribution in [3.05, 3.63) is 35.9 Å². The number of carbonyl (C=O) groups excluding carboxylic acids is 2. The Kier molecular flexibility index (Phi) is 5.05. The molecule has 0 N–H and O–H groups in total. The van der Waals surface area contributed by atoms with Crippen molar-refractivity contribution in [3.63, 3.8) is 0 Å². The minimum absolute atomic E-state index is 0.167. The fourth-order valence-electron chi connectivity index (χ4n) is 1.16. The van der Waals surface area contributed by atoms with Crippen molar-refractivity contribution < 1.29 is 19.1 Å². The van der Waals surface area contributed by atoms with Crippen molar-refractivity contribution in [1.29, 1.82) is 0 Å². The highest BCUT2D eigenvalue weighted by molar-refractivity contribution is 5.77. The summed E-state index contributed by atoms with van der Waals surface area (Å²) in [7, 11) is 0. The second-order valence-corrected chi connectivity index (χ2v) is 3.13. The lowest BCUT2D eigenvalue weighted by Crippen LogP contribution is -2.17. The zero-order chi connectivity index (χ0) is 11.8. The Labute approximate surface area is 94.2 Å². The molecule has 0 fully saturated rings. The standard InChI is InChI=1S/C12H14O4/c1-2-15-12(14)9-16-11(13)8-10-6-4-3-5-7-10/h3-7H,2,8-9H2,1H3. The number of carbonyl (C=O) groups is 2. The topological polar surface area (TPSA) is 52.6 Å². The average molecular weight is 222 g/mol. The zero-order valence-electron chi connectivity index (χ0n) is 9.14. The molecule has 0 unspecified atom stereocenters. The molecule has 0 amide bonds. The molecule has 4 heteroatoms. The highest BCUT2D eigenvalue weighted by Gasteiger charge is 2.08. The van der Waals surface area contributed by atoms with Gasteiger partial charge >= 0.3 is 11.9 Å². The summed E-state index contributed by atoms with van der Waals surface area (Å²) in [5.74, 6) is -0.955. The normalized spacial score (nSPS) is 9.56. The molecule has 0 aromatic heterocycles. The molecular formula is C12H14O4. The molecule has 0 aliphatic rings. The number of benzene rings is 1. The highest BCUT2D eigenvalue weighted by atomic mass is 16.6. The van der Waals surface area contributed by atoms with E-state index < -0.39 is 11.9 Å². The summed E-state index contributed by atoms with van der Waals surface area (Å²) in [4.78, 5) is 22.2. The smallest absolute Gasteiger partial charge is 0.344 e. The molecule has 0 saturated heterocycles. The first-order valence-electron chi connectivity index (χ1n) is 5.07. The quantitative estimate of drug-likeness (QED) is 0.705. The third-order valence-corrected chi connectivity index (χ3v) is 1.85. The molecule has 0 aliphatic heterocycles. The van der Waals surface area contributed by atoms with Crippen LogP contribution in [0.4, 0.5) is 0 Å². The largest absolute Gasteiger partial charge is 0.463 e. The first kappa shape index (κ1) is 12.2. The minimum atomic E-state index is -0.524. The van der Waals surface area contributed by atoms with Crippen molar-refractivity contribution >= 4 is 11.9 Å². The van der Waals surface area contributed by atoms with Gasteiger partial charge in [0.15, 0.2) is 6.61 Å². The molecule has 1 aromatic rings. The minimum Gasteiger partial charge on any atom is -0.463 e. The van der Waals surface area contributed by atoms with Crippen LogP contribution < -0.4 is 0 Å². The molecule has 0 saturated carbocycles. The molecule has 1 rings (SSSR count). The fourth-order valence-corrected chi connectivity index (χ4v) is 1.16. The molecule has 86 valence electrons. The van der Waals surface area contributed by atoms with Gasteiger partial charge in [-0.15, -0.1) is 0 Å². The Morgan fingerprint density at radius 3 is 2.38 bits per heavy atom. The third-order valence-electron chi connectivity index (χ3n) is 1.85. The predicted octanol–water partition coefficient (Wildman–Crippen LogP) is 1.34. The van der Waals surface area contributed by atoms with E-state index in [2.05, 4.69) is 4.74 Å². The van der Waals surface area contributed by atoms with Gasteiger partial charge in [0.05, 0.1) is 13.0 Å². The van der Waals surface area contributed by atoms with Crippen molar-refractivity contribution in [3.8, 4) is 0 Å². The summed E-state index contributed by atoms with van der Waals surface area (Å²) >= 11 is 0. The van der Waals surface area contributed by atoms with Crippen LogP contribution in [0.2, 0.25) is 0 Å². The van der Waals surface area contributed by atoms with Gasteiger partial charge in [-0.1, -0.05) is 30.3 Å². The summed E-state index contributed by atoms with van der Waals surface area (Å²) < 4.78 is 9.37. The maximum Gasteiger partial charge on any atom is 0.344 e. The maximum absolute atomic E-state index is 11.3. The molecular weight excluding hydrogens is 208 g/mol. The van der Waals surface area contributed by atoms with E-state index in [1.54, 1.807) is 6.92 Å². The van der Waals surface area contributed by atoms with Gasteiger partial charge in [-0.3, -0.25) is 4.79 Å². The lowest BCUT2D eigenvalue weighted by atomic mass is 10.2. The van der Waals surface area contributed by atoms with E-state index in [4.69, 9.17) is 4.74 Å². The van der Waals surface area contributed by atoms with E-state index in [0.717, 1.165) is 5.56 Å². The van der Waals surface area contributed by atoms with Crippen molar-refractivity contribution in [1.82, 2.24) is 0 Å². The van der Waals surface area contributed by atoms with Crippen LogP contribution in [0.15, 0.2) is 30.3 Å². The summed E-state index contributed by atoms with van der Waals surface area (Å²) in [6, 6.07) is 9.20. The van der Waals surface area contributed by atoms with E-state index in [9.17, 15) is 9.59 Å². The average Bonchev–Trinajstić information content (AvgIpc) is 2.28. The first-order chi connectivity index (χ1) is 7.72. The number of hydrogen-bond acceptors (Lipinski definition) is 4. The molecule has 0 spiro atoms. The molecule has 16 heavy (non-hydrogen) atoms. The molecule has 0 heterocycles. The monoisotopic (exact) mass is 222 g/mol. The first-order valence-corrected chi connectivity index (χ1v) is 5.07. The van der Waals surface area contributed by atoms with Gasteiger partial charge in [0.25, 0.3) is 0 Å². The number of esters is 2. The number of hydrogen-bond donors (Lipinski definition) is 0. The van der Waals surface area contributed by atoms with Gasteiger partial charge in [0, 0.05) is 0 Å². The molecule has 4 nitrogen and oxygen atoms in total. The van der Waals surface area contributed by atoms with Crippen LogP contribution in [0, 0.1) is 0 Å². The van der Waals surface area contributed by atoms with Crippen LogP contribution >= 0.6 is 0 Å². The second-order valence-electron chi connectivity index (χ2n) is 3.13. The molecule has 1 aromatic carbocycles. The van der Waals surface area contributed by atoms with Gasteiger partial charge in [0.1, 0.15) is 0 Å². The maximum atomic E-state index is 11.3. The van der Waals surface area contributed by atoms with E-state index in [1.807, 2.05) is 30.3 Å². The van der Waals surface area contributed by atoms with Crippen LogP contribution in [0.3, 0.4) is 0 Å². The third kappa shape index (κ3) is 4.59. The Balaban J connectivity index is 2.29. The van der Waals surface area contributed by atoms with Crippen molar-refractivity contribution in [2.75, 3.05) is 13.2 Å². The Morgan fingerprint density at radius 1 is 1.06 bits per heavy atom. The summed E-state index contributed by atoms with van der Waals surface area (Å²) in [5, 5.41) is 0. The number of ether oxygens (including phenoxy) is 2. The van der Waals surface area contributed by atoms with Gasteiger partial charge in [-0.25, -0.2) is 4.79 Å².